The molecular formula is C17H26N2O3. The van der Waals surface area contributed by atoms with Crippen molar-refractivity contribution in [2.45, 2.75) is 53.1 Å². The Labute approximate surface area is 131 Å². The fraction of sp³-hybridized carbons (Fsp3) is 0.647. The summed E-state index contributed by atoms with van der Waals surface area (Å²) in [7, 11) is 0. The second-order valence-electron chi connectivity index (χ2n) is 6.47. The van der Waals surface area contributed by atoms with Crippen LogP contribution in [-0.2, 0) is 30.7 Å². The molecule has 22 heavy (non-hydrogen) atoms. The van der Waals surface area contributed by atoms with E-state index in [9.17, 15) is 9.59 Å². The van der Waals surface area contributed by atoms with Crippen molar-refractivity contribution in [3.8, 4) is 0 Å². The molecule has 0 amide bonds. The lowest BCUT2D eigenvalue weighted by atomic mass is 10.0. The Bertz CT molecular complexity index is 605. The summed E-state index contributed by atoms with van der Waals surface area (Å²) in [5.41, 5.74) is 2.51. The number of pyridine rings is 1. The van der Waals surface area contributed by atoms with Crippen LogP contribution in [0.25, 0.3) is 0 Å². The van der Waals surface area contributed by atoms with Gasteiger partial charge in [0.1, 0.15) is 0 Å². The molecule has 0 aliphatic carbocycles. The van der Waals surface area contributed by atoms with E-state index in [1.807, 2.05) is 10.6 Å². The molecule has 2 rings (SSSR count). The number of aliphatic carboxylic acids is 1. The van der Waals surface area contributed by atoms with Crippen LogP contribution in [0, 0.1) is 5.92 Å². The van der Waals surface area contributed by atoms with Gasteiger partial charge in [-0.15, -0.1) is 0 Å². The molecule has 1 N–H and O–H groups in total. The highest BCUT2D eigenvalue weighted by molar-refractivity contribution is 5.70. The minimum absolute atomic E-state index is 0.119. The number of rotatable bonds is 6. The standard InChI is InChI=1S/C17H26N2O3/c1-4-18-7-6-15-14(11-18)9-13(10-16(20)21)17(22)19(15)8-5-12(2)3/h9,12H,4-8,10-11H2,1-3H3,(H,20,21). The van der Waals surface area contributed by atoms with E-state index >= 15 is 0 Å². The number of carboxylic acid groups (broad SMARTS) is 1. The number of hydrogen-bond acceptors (Lipinski definition) is 3. The maximum atomic E-state index is 12.6. The Hall–Kier alpha value is -1.62. The van der Waals surface area contributed by atoms with Crippen LogP contribution in [0.2, 0.25) is 0 Å². The first-order valence-electron chi connectivity index (χ1n) is 8.11. The minimum Gasteiger partial charge on any atom is -0.481 e. The second-order valence-corrected chi connectivity index (χ2v) is 6.47. The van der Waals surface area contributed by atoms with Crippen LogP contribution in [0.15, 0.2) is 10.9 Å². The van der Waals surface area contributed by atoms with Gasteiger partial charge in [-0.2, -0.15) is 0 Å². The van der Waals surface area contributed by atoms with Gasteiger partial charge < -0.3 is 9.67 Å². The Morgan fingerprint density at radius 3 is 2.73 bits per heavy atom. The normalized spacial score (nSPS) is 15.1. The summed E-state index contributed by atoms with van der Waals surface area (Å²) in [5.74, 6) is -0.433. The van der Waals surface area contributed by atoms with Crippen molar-refractivity contribution in [1.29, 1.82) is 0 Å². The molecule has 0 spiro atoms. The third kappa shape index (κ3) is 3.77. The number of aromatic nitrogens is 1. The Morgan fingerprint density at radius 2 is 2.14 bits per heavy atom. The van der Waals surface area contributed by atoms with E-state index < -0.39 is 5.97 Å². The van der Waals surface area contributed by atoms with Crippen LogP contribution in [0.4, 0.5) is 0 Å². The highest BCUT2D eigenvalue weighted by atomic mass is 16.4. The summed E-state index contributed by atoms with van der Waals surface area (Å²) in [6, 6.07) is 1.82. The van der Waals surface area contributed by atoms with Crippen LogP contribution in [0.3, 0.4) is 0 Å². The number of likely N-dealkylation sites (N-methyl/N-ethyl adjacent to an activating group) is 1. The van der Waals surface area contributed by atoms with Gasteiger partial charge in [-0.05, 0) is 30.5 Å². The lowest BCUT2D eigenvalue weighted by Crippen LogP contribution is -2.37. The van der Waals surface area contributed by atoms with E-state index in [1.54, 1.807) is 0 Å². The zero-order chi connectivity index (χ0) is 16.3. The topological polar surface area (TPSA) is 62.5 Å². The van der Waals surface area contributed by atoms with Crippen molar-refractivity contribution in [2.24, 2.45) is 5.92 Å². The fourth-order valence-corrected chi connectivity index (χ4v) is 3.02. The average molecular weight is 306 g/mol. The monoisotopic (exact) mass is 306 g/mol. The zero-order valence-electron chi connectivity index (χ0n) is 13.8. The molecule has 0 bridgehead atoms. The van der Waals surface area contributed by atoms with E-state index in [4.69, 9.17) is 5.11 Å². The van der Waals surface area contributed by atoms with E-state index in [2.05, 4.69) is 25.7 Å². The lowest BCUT2D eigenvalue weighted by Gasteiger charge is -2.30. The quantitative estimate of drug-likeness (QED) is 0.872. The molecule has 1 aliphatic rings. The molecule has 1 aliphatic heterocycles. The molecule has 0 saturated heterocycles. The molecule has 1 aromatic heterocycles. The third-order valence-electron chi connectivity index (χ3n) is 4.34. The second kappa shape index (κ2) is 7.09. The first kappa shape index (κ1) is 16.7. The number of carboxylic acids is 1. The van der Waals surface area contributed by atoms with Crippen LogP contribution < -0.4 is 5.56 Å². The SMILES string of the molecule is CCN1CCc2c(cc(CC(=O)O)c(=O)n2CCC(C)C)C1. The summed E-state index contributed by atoms with van der Waals surface area (Å²) in [6.07, 6.45) is 1.60. The molecule has 122 valence electrons. The summed E-state index contributed by atoms with van der Waals surface area (Å²) in [5, 5.41) is 9.04. The molecule has 5 nitrogen and oxygen atoms in total. The maximum absolute atomic E-state index is 12.6. The van der Waals surface area contributed by atoms with E-state index in [1.165, 1.54) is 0 Å². The van der Waals surface area contributed by atoms with E-state index in [0.29, 0.717) is 18.0 Å². The highest BCUT2D eigenvalue weighted by Gasteiger charge is 2.21. The summed E-state index contributed by atoms with van der Waals surface area (Å²) < 4.78 is 1.83. The van der Waals surface area contributed by atoms with Gasteiger partial charge >= 0.3 is 5.97 Å². The van der Waals surface area contributed by atoms with Gasteiger partial charge in [0.05, 0.1) is 6.42 Å². The van der Waals surface area contributed by atoms with E-state index in [0.717, 1.165) is 43.7 Å². The number of hydrogen-bond donors (Lipinski definition) is 1. The summed E-state index contributed by atoms with van der Waals surface area (Å²) in [6.45, 7) is 9.81. The molecule has 1 aromatic rings. The molecule has 0 saturated carbocycles. The molecule has 2 heterocycles. The smallest absolute Gasteiger partial charge is 0.308 e. The van der Waals surface area contributed by atoms with Crippen LogP contribution >= 0.6 is 0 Å². The van der Waals surface area contributed by atoms with Crippen molar-refractivity contribution in [2.75, 3.05) is 13.1 Å². The predicted octanol–water partition coefficient (Wildman–Crippen LogP) is 1.90. The Morgan fingerprint density at radius 1 is 1.41 bits per heavy atom. The van der Waals surface area contributed by atoms with Crippen molar-refractivity contribution in [1.82, 2.24) is 9.47 Å². The lowest BCUT2D eigenvalue weighted by molar-refractivity contribution is -0.136. The third-order valence-corrected chi connectivity index (χ3v) is 4.34. The van der Waals surface area contributed by atoms with Gasteiger partial charge in [0.2, 0.25) is 0 Å². The molecule has 0 unspecified atom stereocenters. The van der Waals surface area contributed by atoms with Crippen molar-refractivity contribution in [3.63, 3.8) is 0 Å². The van der Waals surface area contributed by atoms with Crippen molar-refractivity contribution < 1.29 is 9.90 Å². The summed E-state index contributed by atoms with van der Waals surface area (Å²) in [4.78, 5) is 26.0. The number of nitrogens with zero attached hydrogens (tertiary/aromatic N) is 2. The molecule has 0 fully saturated rings. The fourth-order valence-electron chi connectivity index (χ4n) is 3.02. The molecule has 0 aromatic carbocycles. The van der Waals surface area contributed by atoms with E-state index in [-0.39, 0.29) is 12.0 Å². The Kier molecular flexibility index (Phi) is 5.40. The van der Waals surface area contributed by atoms with Gasteiger partial charge in [0.25, 0.3) is 5.56 Å². The molecular weight excluding hydrogens is 280 g/mol. The van der Waals surface area contributed by atoms with Crippen LogP contribution in [0.5, 0.6) is 0 Å². The number of fused-ring (bicyclic) bond motifs is 1. The summed E-state index contributed by atoms with van der Waals surface area (Å²) >= 11 is 0. The van der Waals surface area contributed by atoms with Gasteiger partial charge in [-0.3, -0.25) is 14.5 Å². The van der Waals surface area contributed by atoms with Gasteiger partial charge in [0, 0.05) is 37.3 Å². The van der Waals surface area contributed by atoms with Crippen LogP contribution in [-0.4, -0.2) is 33.6 Å². The minimum atomic E-state index is -0.949. The van der Waals surface area contributed by atoms with Gasteiger partial charge in [0.15, 0.2) is 0 Å². The average Bonchev–Trinajstić information content (AvgIpc) is 2.46. The maximum Gasteiger partial charge on any atom is 0.308 e. The van der Waals surface area contributed by atoms with Crippen LogP contribution in [0.1, 0.15) is 44.0 Å². The molecule has 0 atom stereocenters. The first-order valence-corrected chi connectivity index (χ1v) is 8.11. The predicted molar refractivity (Wildman–Crippen MR) is 86.2 cm³/mol. The van der Waals surface area contributed by atoms with Crippen molar-refractivity contribution >= 4 is 5.97 Å². The largest absolute Gasteiger partial charge is 0.481 e. The molecule has 5 heteroatoms. The first-order chi connectivity index (χ1) is 10.4. The zero-order valence-corrected chi connectivity index (χ0v) is 13.8. The number of carbonyl (C=O) groups is 1. The highest BCUT2D eigenvalue weighted by Crippen LogP contribution is 2.19. The van der Waals surface area contributed by atoms with Gasteiger partial charge in [-0.1, -0.05) is 20.8 Å². The Balaban J connectivity index is 2.44. The van der Waals surface area contributed by atoms with Gasteiger partial charge in [-0.25, -0.2) is 0 Å². The molecule has 0 radical (unpaired) electrons. The van der Waals surface area contributed by atoms with Crippen molar-refractivity contribution in [3.05, 3.63) is 33.2 Å².